The van der Waals surface area contributed by atoms with Gasteiger partial charge in [-0.25, -0.2) is 0 Å². The second kappa shape index (κ2) is 5.27. The molecule has 5 heteroatoms. The van der Waals surface area contributed by atoms with Gasteiger partial charge in [-0.1, -0.05) is 0 Å². The molecule has 1 saturated heterocycles. The average Bonchev–Trinajstić information content (AvgIpc) is 2.46. The third-order valence-corrected chi connectivity index (χ3v) is 3.93. The Balaban J connectivity index is 1.87. The number of pyridine rings is 1. The molecule has 2 aliphatic rings. The first-order valence-electron chi connectivity index (χ1n) is 6.89. The van der Waals surface area contributed by atoms with Gasteiger partial charge in [-0.2, -0.15) is 0 Å². The molecule has 1 unspecified atom stereocenters. The van der Waals surface area contributed by atoms with Crippen LogP contribution in [0.4, 0.5) is 0 Å². The Kier molecular flexibility index (Phi) is 3.48. The molecular weight excluding hydrogens is 242 g/mol. The van der Waals surface area contributed by atoms with Gasteiger partial charge in [-0.05, 0) is 36.9 Å². The van der Waals surface area contributed by atoms with Gasteiger partial charge in [0.25, 0.3) is 5.91 Å². The van der Waals surface area contributed by atoms with Gasteiger partial charge < -0.3 is 15.3 Å². The maximum absolute atomic E-state index is 12.6. The minimum absolute atomic E-state index is 0.0185. The molecule has 0 radical (unpaired) electrons. The van der Waals surface area contributed by atoms with E-state index in [0.29, 0.717) is 12.1 Å². The number of aromatic nitrogens is 1. The molecule has 0 aromatic carbocycles. The minimum atomic E-state index is -0.383. The number of hydrogen-bond acceptors (Lipinski definition) is 4. The van der Waals surface area contributed by atoms with Crippen LogP contribution in [0, 0.1) is 0 Å². The molecular formula is C14H19N3O2. The second-order valence-corrected chi connectivity index (χ2v) is 5.30. The number of fused-ring (bicyclic) bond motifs is 1. The number of carbonyl (C=O) groups is 1. The number of aliphatic hydroxyl groups excluding tert-OH is 1. The highest BCUT2D eigenvalue weighted by atomic mass is 16.3. The molecule has 2 aliphatic heterocycles. The SMILES string of the molecule is O=C(c1cncc2c1CCNC2)N1CCCC(O)C1. The Hall–Kier alpha value is -1.46. The quantitative estimate of drug-likeness (QED) is 0.764. The van der Waals surface area contributed by atoms with Crippen LogP contribution in [-0.4, -0.2) is 46.6 Å². The number of carbonyl (C=O) groups excluding carboxylic acids is 1. The Labute approximate surface area is 112 Å². The van der Waals surface area contributed by atoms with Gasteiger partial charge in [0.1, 0.15) is 0 Å². The molecule has 1 amide bonds. The lowest BCUT2D eigenvalue weighted by atomic mass is 9.97. The Morgan fingerprint density at radius 3 is 3.21 bits per heavy atom. The number of nitrogens with one attached hydrogen (secondary N) is 1. The van der Waals surface area contributed by atoms with Crippen LogP contribution in [-0.2, 0) is 13.0 Å². The number of hydrogen-bond donors (Lipinski definition) is 2. The first-order chi connectivity index (χ1) is 9.25. The fraction of sp³-hybridized carbons (Fsp3) is 0.571. The van der Waals surface area contributed by atoms with E-state index in [1.807, 2.05) is 6.20 Å². The van der Waals surface area contributed by atoms with Crippen molar-refractivity contribution in [1.29, 1.82) is 0 Å². The topological polar surface area (TPSA) is 65.5 Å². The van der Waals surface area contributed by atoms with Gasteiger partial charge in [0.2, 0.25) is 0 Å². The van der Waals surface area contributed by atoms with E-state index in [1.54, 1.807) is 11.1 Å². The van der Waals surface area contributed by atoms with Crippen molar-refractivity contribution in [3.8, 4) is 0 Å². The van der Waals surface area contributed by atoms with E-state index in [9.17, 15) is 9.90 Å². The molecule has 3 rings (SSSR count). The normalized spacial score (nSPS) is 23.0. The molecule has 2 N–H and O–H groups in total. The average molecular weight is 261 g/mol. The fourth-order valence-electron chi connectivity index (χ4n) is 2.91. The lowest BCUT2D eigenvalue weighted by Crippen LogP contribution is -2.42. The van der Waals surface area contributed by atoms with E-state index in [1.165, 1.54) is 0 Å². The third-order valence-electron chi connectivity index (χ3n) is 3.93. The molecule has 19 heavy (non-hydrogen) atoms. The molecule has 0 saturated carbocycles. The maximum Gasteiger partial charge on any atom is 0.255 e. The molecule has 1 aromatic heterocycles. The number of aliphatic hydroxyl groups is 1. The van der Waals surface area contributed by atoms with E-state index in [0.717, 1.165) is 50.0 Å². The van der Waals surface area contributed by atoms with Crippen molar-refractivity contribution in [3.63, 3.8) is 0 Å². The fourth-order valence-corrected chi connectivity index (χ4v) is 2.91. The van der Waals surface area contributed by atoms with Crippen molar-refractivity contribution in [3.05, 3.63) is 29.1 Å². The van der Waals surface area contributed by atoms with E-state index in [2.05, 4.69) is 10.3 Å². The Morgan fingerprint density at radius 2 is 2.37 bits per heavy atom. The van der Waals surface area contributed by atoms with Crippen LogP contribution < -0.4 is 5.32 Å². The van der Waals surface area contributed by atoms with Gasteiger partial charge in [-0.15, -0.1) is 0 Å². The number of β-amino-alcohol motifs (C(OH)–C–C–N with tert-alkyl or cyclic N) is 1. The van der Waals surface area contributed by atoms with Crippen LogP contribution in [0.25, 0.3) is 0 Å². The predicted molar refractivity (Wildman–Crippen MR) is 70.8 cm³/mol. The van der Waals surface area contributed by atoms with Crippen molar-refractivity contribution in [2.24, 2.45) is 0 Å². The Morgan fingerprint density at radius 1 is 1.47 bits per heavy atom. The standard InChI is InChI=1S/C14H19N3O2/c18-11-2-1-5-17(9-11)14(19)13-8-16-7-10-6-15-4-3-12(10)13/h7-8,11,15,18H,1-6,9H2. The van der Waals surface area contributed by atoms with Crippen molar-refractivity contribution < 1.29 is 9.90 Å². The van der Waals surface area contributed by atoms with E-state index in [4.69, 9.17) is 0 Å². The van der Waals surface area contributed by atoms with E-state index >= 15 is 0 Å². The van der Waals surface area contributed by atoms with Gasteiger partial charge in [0.15, 0.2) is 0 Å². The van der Waals surface area contributed by atoms with E-state index in [-0.39, 0.29) is 12.0 Å². The predicted octanol–water partition coefficient (Wildman–Crippen LogP) is 0.324. The summed E-state index contributed by atoms with van der Waals surface area (Å²) < 4.78 is 0. The van der Waals surface area contributed by atoms with Crippen molar-refractivity contribution in [2.75, 3.05) is 19.6 Å². The number of piperidine rings is 1. The summed E-state index contributed by atoms with van der Waals surface area (Å²) in [7, 11) is 0. The maximum atomic E-state index is 12.6. The molecule has 3 heterocycles. The first-order valence-corrected chi connectivity index (χ1v) is 6.89. The molecule has 0 bridgehead atoms. The van der Waals surface area contributed by atoms with Crippen molar-refractivity contribution in [2.45, 2.75) is 31.9 Å². The highest BCUT2D eigenvalue weighted by Crippen LogP contribution is 2.20. The Bertz CT molecular complexity index is 490. The van der Waals surface area contributed by atoms with Gasteiger partial charge in [0, 0.05) is 32.0 Å². The summed E-state index contributed by atoms with van der Waals surface area (Å²) in [6.07, 6.45) is 5.66. The zero-order valence-electron chi connectivity index (χ0n) is 10.9. The van der Waals surface area contributed by atoms with Gasteiger partial charge in [0.05, 0.1) is 11.7 Å². The summed E-state index contributed by atoms with van der Waals surface area (Å²) >= 11 is 0. The zero-order valence-corrected chi connectivity index (χ0v) is 10.9. The van der Waals surface area contributed by atoms with Gasteiger partial charge in [-0.3, -0.25) is 9.78 Å². The van der Waals surface area contributed by atoms with Crippen LogP contribution in [0.1, 0.15) is 34.3 Å². The summed E-state index contributed by atoms with van der Waals surface area (Å²) in [5.74, 6) is 0.0185. The van der Waals surface area contributed by atoms with Crippen LogP contribution in [0.15, 0.2) is 12.4 Å². The molecule has 1 fully saturated rings. The molecule has 5 nitrogen and oxygen atoms in total. The molecule has 0 spiro atoms. The summed E-state index contributed by atoms with van der Waals surface area (Å²) in [5.41, 5.74) is 2.96. The minimum Gasteiger partial charge on any atom is -0.391 e. The van der Waals surface area contributed by atoms with Crippen LogP contribution in [0.2, 0.25) is 0 Å². The lowest BCUT2D eigenvalue weighted by molar-refractivity contribution is 0.0472. The van der Waals surface area contributed by atoms with Gasteiger partial charge >= 0.3 is 0 Å². The third kappa shape index (κ3) is 2.48. The first kappa shape index (κ1) is 12.6. The van der Waals surface area contributed by atoms with Crippen LogP contribution in [0.5, 0.6) is 0 Å². The van der Waals surface area contributed by atoms with Crippen molar-refractivity contribution >= 4 is 5.91 Å². The van der Waals surface area contributed by atoms with Crippen LogP contribution in [0.3, 0.4) is 0 Å². The largest absolute Gasteiger partial charge is 0.391 e. The highest BCUT2D eigenvalue weighted by molar-refractivity contribution is 5.95. The monoisotopic (exact) mass is 261 g/mol. The number of amides is 1. The number of rotatable bonds is 1. The summed E-state index contributed by atoms with van der Waals surface area (Å²) in [4.78, 5) is 18.5. The summed E-state index contributed by atoms with van der Waals surface area (Å²) in [6, 6.07) is 0. The highest BCUT2D eigenvalue weighted by Gasteiger charge is 2.26. The van der Waals surface area contributed by atoms with E-state index < -0.39 is 0 Å². The molecule has 1 aromatic rings. The molecule has 1 atom stereocenters. The number of nitrogens with zero attached hydrogens (tertiary/aromatic N) is 2. The second-order valence-electron chi connectivity index (χ2n) is 5.30. The number of likely N-dealkylation sites (tertiary alicyclic amines) is 1. The molecule has 0 aliphatic carbocycles. The zero-order chi connectivity index (χ0) is 13.2. The molecule has 102 valence electrons. The smallest absolute Gasteiger partial charge is 0.255 e. The van der Waals surface area contributed by atoms with Crippen molar-refractivity contribution in [1.82, 2.24) is 15.2 Å². The summed E-state index contributed by atoms with van der Waals surface area (Å²) in [6.45, 7) is 2.87. The van der Waals surface area contributed by atoms with Crippen LogP contribution >= 0.6 is 0 Å². The summed E-state index contributed by atoms with van der Waals surface area (Å²) in [5, 5.41) is 13.0. The lowest BCUT2D eigenvalue weighted by Gasteiger charge is -2.31.